The van der Waals surface area contributed by atoms with Crippen molar-refractivity contribution in [2.45, 2.75) is 23.6 Å². The third-order valence-corrected chi connectivity index (χ3v) is 5.08. The van der Waals surface area contributed by atoms with E-state index in [-0.39, 0.29) is 6.04 Å². The summed E-state index contributed by atoms with van der Waals surface area (Å²) in [6.07, 6.45) is 0. The Bertz CT molecular complexity index is 476. The summed E-state index contributed by atoms with van der Waals surface area (Å²) in [5.74, 6) is 0.925. The summed E-state index contributed by atoms with van der Waals surface area (Å²) in [6, 6.07) is 10.4. The smallest absolute Gasteiger partial charge is 0.0553 e. The largest absolute Gasteiger partial charge is 0.324 e. The number of rotatable bonds is 4. The molecular weight excluding hydrogens is 270 g/mol. The lowest BCUT2D eigenvalue weighted by atomic mass is 10.1. The van der Waals surface area contributed by atoms with Gasteiger partial charge in [0.2, 0.25) is 0 Å². The average Bonchev–Trinajstić information content (AvgIpc) is 2.73. The van der Waals surface area contributed by atoms with E-state index >= 15 is 0 Å². The first-order chi connectivity index (χ1) is 8.16. The number of thiophene rings is 1. The molecule has 2 N–H and O–H groups in total. The Morgan fingerprint density at radius 2 is 2.00 bits per heavy atom. The van der Waals surface area contributed by atoms with Crippen LogP contribution in [0.5, 0.6) is 0 Å². The van der Waals surface area contributed by atoms with Gasteiger partial charge in [-0.15, -0.1) is 23.1 Å². The highest BCUT2D eigenvalue weighted by Crippen LogP contribution is 2.30. The van der Waals surface area contributed by atoms with Gasteiger partial charge in [0.25, 0.3) is 0 Å². The Kier molecular flexibility index (Phi) is 4.51. The summed E-state index contributed by atoms with van der Waals surface area (Å²) < 4.78 is 0. The quantitative estimate of drug-likeness (QED) is 0.822. The lowest BCUT2D eigenvalue weighted by Crippen LogP contribution is -2.04. The first-order valence-corrected chi connectivity index (χ1v) is 7.61. The summed E-state index contributed by atoms with van der Waals surface area (Å²) in [5.41, 5.74) is 6.98. The van der Waals surface area contributed by atoms with Crippen LogP contribution < -0.4 is 5.73 Å². The monoisotopic (exact) mass is 283 g/mol. The maximum Gasteiger partial charge on any atom is 0.0553 e. The first-order valence-electron chi connectivity index (χ1n) is 5.37. The van der Waals surface area contributed by atoms with E-state index in [9.17, 15) is 0 Å². The van der Waals surface area contributed by atoms with Gasteiger partial charge >= 0.3 is 0 Å². The minimum absolute atomic E-state index is 0.0980. The van der Waals surface area contributed by atoms with E-state index in [1.165, 1.54) is 15.3 Å². The van der Waals surface area contributed by atoms with Crippen LogP contribution in [-0.4, -0.2) is 0 Å². The van der Waals surface area contributed by atoms with Crippen molar-refractivity contribution in [1.29, 1.82) is 0 Å². The second-order valence-electron chi connectivity index (χ2n) is 3.84. The van der Waals surface area contributed by atoms with Crippen LogP contribution in [-0.2, 0) is 5.75 Å². The summed E-state index contributed by atoms with van der Waals surface area (Å²) >= 11 is 9.56. The number of thioether (sulfide) groups is 1. The molecule has 17 heavy (non-hydrogen) atoms. The maximum atomic E-state index is 6.05. The molecule has 0 saturated carbocycles. The molecule has 0 bridgehead atoms. The fourth-order valence-corrected chi connectivity index (χ4v) is 3.64. The minimum Gasteiger partial charge on any atom is -0.324 e. The molecule has 90 valence electrons. The highest BCUT2D eigenvalue weighted by Gasteiger charge is 2.03. The van der Waals surface area contributed by atoms with E-state index in [2.05, 4.69) is 24.3 Å². The first kappa shape index (κ1) is 13.0. The Morgan fingerprint density at radius 3 is 2.53 bits per heavy atom. The molecule has 0 radical (unpaired) electrons. The van der Waals surface area contributed by atoms with Crippen LogP contribution in [0.4, 0.5) is 0 Å². The maximum absolute atomic E-state index is 6.05. The summed E-state index contributed by atoms with van der Waals surface area (Å²) in [5, 5.41) is 2.90. The molecule has 0 aliphatic rings. The molecule has 0 amide bonds. The fourth-order valence-electron chi connectivity index (χ4n) is 1.44. The third-order valence-electron chi connectivity index (χ3n) is 2.47. The van der Waals surface area contributed by atoms with Crippen molar-refractivity contribution in [1.82, 2.24) is 0 Å². The van der Waals surface area contributed by atoms with Crippen molar-refractivity contribution in [2.24, 2.45) is 5.73 Å². The molecular formula is C13H14ClNS2. The summed E-state index contributed by atoms with van der Waals surface area (Å²) in [6.45, 7) is 1.99. The number of halogens is 1. The van der Waals surface area contributed by atoms with Crippen molar-refractivity contribution in [3.63, 3.8) is 0 Å². The molecule has 0 saturated heterocycles. The molecule has 0 aliphatic carbocycles. The Hall–Kier alpha value is -0.480. The lowest BCUT2D eigenvalue weighted by Gasteiger charge is -2.06. The van der Waals surface area contributed by atoms with Crippen LogP contribution in [0, 0.1) is 0 Å². The van der Waals surface area contributed by atoms with Gasteiger partial charge in [-0.3, -0.25) is 0 Å². The van der Waals surface area contributed by atoms with Gasteiger partial charge in [-0.2, -0.15) is 0 Å². The van der Waals surface area contributed by atoms with Gasteiger partial charge in [0, 0.05) is 21.6 Å². The fraction of sp³-hybridized carbons (Fsp3) is 0.231. The van der Waals surface area contributed by atoms with E-state index < -0.39 is 0 Å². The van der Waals surface area contributed by atoms with E-state index in [1.807, 2.05) is 18.4 Å². The highest BCUT2D eigenvalue weighted by atomic mass is 35.5. The topological polar surface area (TPSA) is 26.0 Å². The summed E-state index contributed by atoms with van der Waals surface area (Å²) in [4.78, 5) is 2.48. The summed E-state index contributed by atoms with van der Waals surface area (Å²) in [7, 11) is 0. The van der Waals surface area contributed by atoms with E-state index in [0.717, 1.165) is 10.8 Å². The molecule has 1 aromatic heterocycles. The predicted octanol–water partition coefficient (Wildman–Crippen LogP) is 4.71. The SMILES string of the molecule is CC(N)c1ccc(SCc2sccc2Cl)cc1. The number of hydrogen-bond acceptors (Lipinski definition) is 3. The number of benzene rings is 1. The zero-order chi connectivity index (χ0) is 12.3. The standard InChI is InChI=1S/C13H14ClNS2/c1-9(15)10-2-4-11(5-3-10)17-8-13-12(14)6-7-16-13/h2-7,9H,8,15H2,1H3. The Labute approximate surface area is 115 Å². The Balaban J connectivity index is 1.98. The number of nitrogens with two attached hydrogens (primary N) is 1. The van der Waals surface area contributed by atoms with E-state index in [4.69, 9.17) is 17.3 Å². The van der Waals surface area contributed by atoms with Crippen molar-refractivity contribution in [2.75, 3.05) is 0 Å². The molecule has 0 aliphatic heterocycles. The normalized spacial score (nSPS) is 12.6. The van der Waals surface area contributed by atoms with Crippen molar-refractivity contribution in [3.05, 3.63) is 51.2 Å². The van der Waals surface area contributed by atoms with Gasteiger partial charge in [-0.1, -0.05) is 23.7 Å². The number of hydrogen-bond donors (Lipinski definition) is 1. The van der Waals surface area contributed by atoms with Crippen LogP contribution in [0.2, 0.25) is 5.02 Å². The van der Waals surface area contributed by atoms with Crippen LogP contribution in [0.15, 0.2) is 40.6 Å². The zero-order valence-corrected chi connectivity index (χ0v) is 11.9. The molecule has 0 spiro atoms. The predicted molar refractivity (Wildman–Crippen MR) is 77.9 cm³/mol. The zero-order valence-electron chi connectivity index (χ0n) is 9.52. The van der Waals surface area contributed by atoms with Crippen molar-refractivity contribution in [3.8, 4) is 0 Å². The van der Waals surface area contributed by atoms with Gasteiger partial charge in [0.1, 0.15) is 0 Å². The average molecular weight is 284 g/mol. The molecule has 1 nitrogen and oxygen atoms in total. The van der Waals surface area contributed by atoms with Crippen LogP contribution in [0.25, 0.3) is 0 Å². The van der Waals surface area contributed by atoms with Crippen LogP contribution in [0.1, 0.15) is 23.4 Å². The molecule has 2 aromatic rings. The lowest BCUT2D eigenvalue weighted by molar-refractivity contribution is 0.817. The van der Waals surface area contributed by atoms with E-state index in [1.54, 1.807) is 23.1 Å². The second-order valence-corrected chi connectivity index (χ2v) is 6.29. The highest BCUT2D eigenvalue weighted by molar-refractivity contribution is 7.98. The van der Waals surface area contributed by atoms with Crippen LogP contribution >= 0.6 is 34.7 Å². The van der Waals surface area contributed by atoms with E-state index in [0.29, 0.717) is 0 Å². The van der Waals surface area contributed by atoms with Crippen LogP contribution in [0.3, 0.4) is 0 Å². The van der Waals surface area contributed by atoms with Gasteiger partial charge in [0.05, 0.1) is 5.02 Å². The Morgan fingerprint density at radius 1 is 1.29 bits per heavy atom. The molecule has 1 aromatic carbocycles. The molecule has 0 fully saturated rings. The van der Waals surface area contributed by atoms with Gasteiger partial charge in [0.15, 0.2) is 0 Å². The molecule has 2 rings (SSSR count). The third kappa shape index (κ3) is 3.49. The molecule has 1 heterocycles. The van der Waals surface area contributed by atoms with Gasteiger partial charge in [-0.05, 0) is 36.1 Å². The van der Waals surface area contributed by atoms with Crippen molar-refractivity contribution < 1.29 is 0 Å². The van der Waals surface area contributed by atoms with Gasteiger partial charge < -0.3 is 5.73 Å². The van der Waals surface area contributed by atoms with Gasteiger partial charge in [-0.25, -0.2) is 0 Å². The molecule has 1 unspecified atom stereocenters. The molecule has 1 atom stereocenters. The van der Waals surface area contributed by atoms with Crippen molar-refractivity contribution >= 4 is 34.7 Å². The minimum atomic E-state index is 0.0980. The second kappa shape index (κ2) is 5.91. The molecule has 4 heteroatoms.